The van der Waals surface area contributed by atoms with E-state index in [1.54, 1.807) is 0 Å². The van der Waals surface area contributed by atoms with Crippen LogP contribution in [-0.2, 0) is 57.2 Å². The van der Waals surface area contributed by atoms with Gasteiger partial charge in [0.1, 0.15) is 18.8 Å². The summed E-state index contributed by atoms with van der Waals surface area (Å²) in [5.74, 6) is -3.43. The molecule has 0 aliphatic carbocycles. The maximum atomic E-state index is 11.9. The van der Waals surface area contributed by atoms with Crippen LogP contribution < -0.4 is 21.7 Å². The molecule has 0 spiro atoms. The molecule has 0 aromatic carbocycles. The van der Waals surface area contributed by atoms with Crippen molar-refractivity contribution >= 4 is 35.6 Å². The molecule has 0 aromatic rings. The average molecular weight is 549 g/mol. The average Bonchev–Trinajstić information content (AvgIpc) is 2.83. The van der Waals surface area contributed by atoms with Gasteiger partial charge in [-0.25, -0.2) is 0 Å². The zero-order valence-corrected chi connectivity index (χ0v) is 21.8. The summed E-state index contributed by atoms with van der Waals surface area (Å²) in [6.07, 6.45) is -4.74. The Kier molecular flexibility index (Phi) is 14.8. The van der Waals surface area contributed by atoms with Crippen molar-refractivity contribution in [1.29, 1.82) is 0 Å². The molecular formula is C22H36N4O12. The van der Waals surface area contributed by atoms with Crippen molar-refractivity contribution in [3.8, 4) is 0 Å². The zero-order valence-electron chi connectivity index (χ0n) is 21.8. The zero-order chi connectivity index (χ0) is 28.7. The summed E-state index contributed by atoms with van der Waals surface area (Å²) in [7, 11) is 0. The van der Waals surface area contributed by atoms with E-state index < -0.39 is 66.3 Å². The highest BCUT2D eigenvalue weighted by atomic mass is 16.7. The minimum Gasteiger partial charge on any atom is -0.463 e. The van der Waals surface area contributed by atoms with Gasteiger partial charge in [0.05, 0.1) is 32.9 Å². The lowest BCUT2D eigenvalue weighted by Gasteiger charge is -2.44. The molecule has 0 aromatic heterocycles. The Morgan fingerprint density at radius 3 is 2.05 bits per heavy atom. The quantitative estimate of drug-likeness (QED) is 0.0904. The number of nitrogens with two attached hydrogens (primary N) is 1. The van der Waals surface area contributed by atoms with Gasteiger partial charge in [-0.05, 0) is 0 Å². The fourth-order valence-corrected chi connectivity index (χ4v) is 3.33. The Hall–Kier alpha value is -3.34. The predicted octanol–water partition coefficient (Wildman–Crippen LogP) is -3.13. The number of carbonyl (C=O) groups excluding carboxylic acids is 6. The standard InChI is InChI=1S/C22H36N4O12/c1-12(27)26-19-21(37-15(4)30)20(36-14(3)29)16(11-35-13(2)28)38-22(19)34-8-7-33-6-5-24-18(32)10-25-17(31)9-23/h16,19-22H,5-11,23H2,1-4H3,(H,24,32)(H,25,31)(H,26,27). The van der Waals surface area contributed by atoms with E-state index in [2.05, 4.69) is 16.0 Å². The molecule has 0 radical (unpaired) electrons. The molecule has 1 rings (SSSR count). The van der Waals surface area contributed by atoms with Crippen molar-refractivity contribution in [2.24, 2.45) is 5.73 Å². The fraction of sp³-hybridized carbons (Fsp3) is 0.727. The summed E-state index contributed by atoms with van der Waals surface area (Å²) in [6.45, 7) is 4.19. The molecule has 0 saturated carbocycles. The molecule has 1 fully saturated rings. The number of rotatable bonds is 15. The molecular weight excluding hydrogens is 512 g/mol. The first-order chi connectivity index (χ1) is 17.9. The van der Waals surface area contributed by atoms with E-state index in [0.717, 1.165) is 13.8 Å². The highest BCUT2D eigenvalue weighted by Gasteiger charge is 2.51. The molecule has 1 aliphatic rings. The van der Waals surface area contributed by atoms with Gasteiger partial charge in [0.15, 0.2) is 18.5 Å². The normalized spacial score (nSPS) is 22.5. The van der Waals surface area contributed by atoms with Crippen LogP contribution in [0.5, 0.6) is 0 Å². The van der Waals surface area contributed by atoms with E-state index in [-0.39, 0.29) is 46.1 Å². The number of hydrogen-bond acceptors (Lipinski definition) is 13. The van der Waals surface area contributed by atoms with Gasteiger partial charge in [0, 0.05) is 34.2 Å². The highest BCUT2D eigenvalue weighted by molar-refractivity contribution is 5.85. The number of esters is 3. The van der Waals surface area contributed by atoms with Crippen molar-refractivity contribution < 1.29 is 57.2 Å². The van der Waals surface area contributed by atoms with Crippen LogP contribution in [0.3, 0.4) is 0 Å². The summed E-state index contributed by atoms with van der Waals surface area (Å²) >= 11 is 0. The Balaban J connectivity index is 2.77. The Morgan fingerprint density at radius 2 is 1.47 bits per heavy atom. The largest absolute Gasteiger partial charge is 0.463 e. The summed E-state index contributed by atoms with van der Waals surface area (Å²) in [6, 6.07) is -1.09. The van der Waals surface area contributed by atoms with Gasteiger partial charge >= 0.3 is 17.9 Å². The van der Waals surface area contributed by atoms with Crippen molar-refractivity contribution in [2.45, 2.75) is 58.3 Å². The smallest absolute Gasteiger partial charge is 0.303 e. The van der Waals surface area contributed by atoms with Crippen molar-refractivity contribution in [3.05, 3.63) is 0 Å². The van der Waals surface area contributed by atoms with Crippen LogP contribution in [0.4, 0.5) is 0 Å². The monoisotopic (exact) mass is 548 g/mol. The second-order valence-corrected chi connectivity index (χ2v) is 8.03. The number of hydrogen-bond donors (Lipinski definition) is 4. The van der Waals surface area contributed by atoms with Crippen LogP contribution in [0.2, 0.25) is 0 Å². The van der Waals surface area contributed by atoms with E-state index in [9.17, 15) is 28.8 Å². The molecule has 1 heterocycles. The Labute approximate surface area is 219 Å². The van der Waals surface area contributed by atoms with E-state index in [4.69, 9.17) is 34.2 Å². The molecule has 5 unspecified atom stereocenters. The third-order valence-corrected chi connectivity index (χ3v) is 4.78. The van der Waals surface area contributed by atoms with Crippen LogP contribution in [0.15, 0.2) is 0 Å². The first-order valence-corrected chi connectivity index (χ1v) is 11.8. The van der Waals surface area contributed by atoms with E-state index in [1.807, 2.05) is 0 Å². The molecule has 16 heteroatoms. The molecule has 3 amide bonds. The third-order valence-electron chi connectivity index (χ3n) is 4.78. The number of carbonyl (C=O) groups is 6. The number of nitrogens with one attached hydrogen (secondary N) is 3. The van der Waals surface area contributed by atoms with Crippen LogP contribution in [-0.4, -0.2) is 112 Å². The fourth-order valence-electron chi connectivity index (χ4n) is 3.33. The molecule has 38 heavy (non-hydrogen) atoms. The maximum Gasteiger partial charge on any atom is 0.303 e. The SMILES string of the molecule is CC(=O)NC1C(OCCOCCNC(=O)CNC(=O)CN)OC(COC(C)=O)C(OC(C)=O)C1OC(C)=O. The highest BCUT2D eigenvalue weighted by Crippen LogP contribution is 2.28. The number of ether oxygens (including phenoxy) is 6. The van der Waals surface area contributed by atoms with Crippen molar-refractivity contribution in [3.63, 3.8) is 0 Å². The number of amides is 3. The van der Waals surface area contributed by atoms with Crippen molar-refractivity contribution in [1.82, 2.24) is 16.0 Å². The minimum absolute atomic E-state index is 0.0483. The molecule has 1 aliphatic heterocycles. The van der Waals surface area contributed by atoms with Gasteiger partial charge in [-0.1, -0.05) is 0 Å². The minimum atomic E-state index is -1.23. The van der Waals surface area contributed by atoms with Gasteiger partial charge in [0.25, 0.3) is 0 Å². The Bertz CT molecular complexity index is 839. The summed E-state index contributed by atoms with van der Waals surface area (Å²) in [5, 5.41) is 7.45. The molecule has 5 N–H and O–H groups in total. The van der Waals surface area contributed by atoms with E-state index in [0.29, 0.717) is 0 Å². The van der Waals surface area contributed by atoms with Crippen molar-refractivity contribution in [2.75, 3.05) is 46.1 Å². The van der Waals surface area contributed by atoms with Crippen LogP contribution in [0.25, 0.3) is 0 Å². The maximum absolute atomic E-state index is 11.9. The van der Waals surface area contributed by atoms with Gasteiger partial charge in [-0.3, -0.25) is 28.8 Å². The lowest BCUT2D eigenvalue weighted by Crippen LogP contribution is -2.66. The summed E-state index contributed by atoms with van der Waals surface area (Å²) in [4.78, 5) is 69.5. The Morgan fingerprint density at radius 1 is 0.816 bits per heavy atom. The first-order valence-electron chi connectivity index (χ1n) is 11.8. The molecule has 0 bridgehead atoms. The van der Waals surface area contributed by atoms with Crippen LogP contribution in [0, 0.1) is 0 Å². The summed E-state index contributed by atoms with van der Waals surface area (Å²) < 4.78 is 32.7. The second kappa shape index (κ2) is 17.2. The first kappa shape index (κ1) is 32.7. The topological polar surface area (TPSA) is 220 Å². The van der Waals surface area contributed by atoms with E-state index >= 15 is 0 Å². The lowest BCUT2D eigenvalue weighted by molar-refractivity contribution is -0.279. The van der Waals surface area contributed by atoms with Gasteiger partial charge in [-0.2, -0.15) is 0 Å². The second-order valence-electron chi connectivity index (χ2n) is 8.03. The van der Waals surface area contributed by atoms with Crippen LogP contribution in [0.1, 0.15) is 27.7 Å². The molecule has 216 valence electrons. The predicted molar refractivity (Wildman–Crippen MR) is 126 cm³/mol. The summed E-state index contributed by atoms with van der Waals surface area (Å²) in [5.41, 5.74) is 5.14. The third kappa shape index (κ3) is 12.8. The molecule has 1 saturated heterocycles. The van der Waals surface area contributed by atoms with E-state index in [1.165, 1.54) is 13.8 Å². The van der Waals surface area contributed by atoms with Gasteiger partial charge in [0.2, 0.25) is 17.7 Å². The molecule has 5 atom stereocenters. The molecule has 16 nitrogen and oxygen atoms in total. The lowest BCUT2D eigenvalue weighted by atomic mass is 9.96. The van der Waals surface area contributed by atoms with Gasteiger partial charge < -0.3 is 50.1 Å². The van der Waals surface area contributed by atoms with Gasteiger partial charge in [-0.15, -0.1) is 0 Å². The van der Waals surface area contributed by atoms with Crippen LogP contribution >= 0.6 is 0 Å².